The first kappa shape index (κ1) is 63.3. The van der Waals surface area contributed by atoms with E-state index >= 15 is 0 Å². The summed E-state index contributed by atoms with van der Waals surface area (Å²) in [6, 6.07) is 35.7. The van der Waals surface area contributed by atoms with Gasteiger partial charge in [-0.25, -0.2) is 4.57 Å². The second kappa shape index (κ2) is 29.5. The number of pyridine rings is 1. The van der Waals surface area contributed by atoms with E-state index in [1.807, 2.05) is 60.8 Å². The van der Waals surface area contributed by atoms with Crippen molar-refractivity contribution in [2.45, 2.75) is 97.1 Å². The van der Waals surface area contributed by atoms with E-state index in [4.69, 9.17) is 41.8 Å². The van der Waals surface area contributed by atoms with Gasteiger partial charge in [0.25, 0.3) is 0 Å². The first-order chi connectivity index (χ1) is 35.3. The van der Waals surface area contributed by atoms with Crippen LogP contribution in [0.3, 0.4) is 0 Å². The maximum Gasteiger partial charge on any atom is 1.00 e. The summed E-state index contributed by atoms with van der Waals surface area (Å²) in [7, 11) is -6.22. The van der Waals surface area contributed by atoms with Crippen LogP contribution in [0.5, 0.6) is 0 Å². The molecule has 4 aromatic carbocycles. The summed E-state index contributed by atoms with van der Waals surface area (Å²) in [6.45, 7) is 17.7. The van der Waals surface area contributed by atoms with Crippen molar-refractivity contribution in [2.75, 3.05) is 22.9 Å². The molecule has 1 N–H and O–H groups in total. The number of allylic oxidation sites excluding steroid dienone is 6. The van der Waals surface area contributed by atoms with Crippen LogP contribution in [0.15, 0.2) is 138 Å². The topological polar surface area (TPSA) is 171 Å². The van der Waals surface area contributed by atoms with Crippen molar-refractivity contribution in [1.29, 1.82) is 0 Å². The number of anilines is 2. The maximum absolute atomic E-state index is 13.8. The number of carbonyl (C=O) groups is 2. The maximum atomic E-state index is 13.8. The second-order valence-electron chi connectivity index (χ2n) is 18.8. The SMILES string of the molecule is O=S(=O)=O.O=S(=O)=O.[CH2-]CCN1\C(=C/C=C(/C=C/C2=Nc3c(cc(Cl)c[n+]3CCCC)C2(C)C)c2cccc(CCC(=O)NCCC(=O)N3Cc4ccccc4C#Cc4ccccc43)c2)C(C)(C)c2c[c-]ccc21.[Na+].[Na+]. The van der Waals surface area contributed by atoms with Crippen molar-refractivity contribution >= 4 is 73.1 Å². The zero-order valence-corrected chi connectivity index (χ0v) is 50.5. The number of benzene rings is 4. The standard InChI is InChI=1S/C58H59ClN5O2.2Na.2O3S/c1-7-9-36-62-40-47(59)38-49-56(62)61-52(57(49,3)4)30-28-43(29-31-53-58(5,6)48-22-13-15-24-51(48)63(53)35-8-2)45-21-16-17-41(37-45)25-32-54(65)60-34-33-55(66)64-39-46-20-11-10-18-42(46)26-27-44-19-12-14-23-50(44)64;;;2*1-4(2)3/h10-12,14-24,28-31,37-38,40H,2,7-9,25,32-36,39H2,1,3-6H3,(H,60,65);;;;/q-1;2*+1;;. The van der Waals surface area contributed by atoms with Gasteiger partial charge < -0.3 is 22.0 Å². The minimum Gasteiger partial charge on any atom is -0.370 e. The molecule has 0 saturated heterocycles. The van der Waals surface area contributed by atoms with Crippen LogP contribution in [-0.2, 0) is 61.1 Å². The molecule has 3 aliphatic rings. The molecule has 384 valence electrons. The molecule has 8 rings (SSSR count). The Balaban J connectivity index is 0.00000117. The fourth-order valence-electron chi connectivity index (χ4n) is 9.28. The molecule has 3 aliphatic heterocycles. The molecular formula is C58H59ClN5Na2O8S2+. The van der Waals surface area contributed by atoms with Gasteiger partial charge in [0.1, 0.15) is 6.20 Å². The summed E-state index contributed by atoms with van der Waals surface area (Å²) in [6.07, 6.45) is 14.7. The first-order valence-electron chi connectivity index (χ1n) is 24.2. The quantitative estimate of drug-likeness (QED) is 0.0542. The summed E-state index contributed by atoms with van der Waals surface area (Å²) in [5.74, 6) is 7.32. The fourth-order valence-corrected chi connectivity index (χ4v) is 9.50. The van der Waals surface area contributed by atoms with Crippen molar-refractivity contribution < 1.29 is 98.5 Å². The van der Waals surface area contributed by atoms with Gasteiger partial charge in [-0.3, -0.25) is 9.59 Å². The number of aryl methyl sites for hydroxylation is 2. The summed E-state index contributed by atoms with van der Waals surface area (Å²) in [4.78, 5) is 36.5. The Kier molecular flexibility index (Phi) is 24.5. The number of nitrogens with zero attached hydrogens (tertiary/aromatic N) is 4. The third kappa shape index (κ3) is 16.4. The van der Waals surface area contributed by atoms with Gasteiger partial charge in [0.05, 0.1) is 34.8 Å². The summed E-state index contributed by atoms with van der Waals surface area (Å²) >= 11 is 6.69. The molecule has 0 saturated carbocycles. The van der Waals surface area contributed by atoms with Crippen LogP contribution in [0.1, 0.15) is 106 Å². The molecule has 0 radical (unpaired) electrons. The van der Waals surface area contributed by atoms with E-state index in [2.05, 4.69) is 141 Å². The molecule has 76 heavy (non-hydrogen) atoms. The van der Waals surface area contributed by atoms with Gasteiger partial charge in [0, 0.05) is 36.2 Å². The number of hydrogen-bond acceptors (Lipinski definition) is 10. The van der Waals surface area contributed by atoms with Crippen LogP contribution < -0.4 is 78.8 Å². The van der Waals surface area contributed by atoms with Gasteiger partial charge in [0.15, 0.2) is 5.71 Å². The van der Waals surface area contributed by atoms with E-state index in [-0.39, 0.29) is 94.7 Å². The van der Waals surface area contributed by atoms with Crippen LogP contribution >= 0.6 is 11.6 Å². The number of aromatic nitrogens is 1. The van der Waals surface area contributed by atoms with Gasteiger partial charge in [0.2, 0.25) is 11.8 Å². The Morgan fingerprint density at radius 2 is 1.55 bits per heavy atom. The number of unbranched alkanes of at least 4 members (excludes halogenated alkanes) is 1. The van der Waals surface area contributed by atoms with Gasteiger partial charge in [-0.1, -0.05) is 123 Å². The molecule has 0 atom stereocenters. The molecule has 0 bridgehead atoms. The number of nitrogens with one attached hydrogen (secondary N) is 1. The summed E-state index contributed by atoms with van der Waals surface area (Å²) < 4.78 is 52.9. The fraction of sp³-hybridized carbons (Fsp3) is 0.293. The smallest absolute Gasteiger partial charge is 0.370 e. The predicted octanol–water partition coefficient (Wildman–Crippen LogP) is 3.52. The van der Waals surface area contributed by atoms with Crippen molar-refractivity contribution in [2.24, 2.45) is 4.99 Å². The van der Waals surface area contributed by atoms with E-state index in [9.17, 15) is 9.59 Å². The monoisotopic (exact) mass is 1100 g/mol. The Labute approximate surface area is 499 Å². The third-order valence-electron chi connectivity index (χ3n) is 13.1. The molecular weight excluding hydrogens is 1040 g/mol. The van der Waals surface area contributed by atoms with Crippen molar-refractivity contribution in [3.63, 3.8) is 0 Å². The predicted molar refractivity (Wildman–Crippen MR) is 289 cm³/mol. The van der Waals surface area contributed by atoms with Crippen molar-refractivity contribution in [3.8, 4) is 11.8 Å². The van der Waals surface area contributed by atoms with E-state index in [0.717, 1.165) is 88.5 Å². The van der Waals surface area contributed by atoms with Crippen LogP contribution in [0.25, 0.3) is 5.57 Å². The van der Waals surface area contributed by atoms with Crippen molar-refractivity contribution in [1.82, 2.24) is 5.32 Å². The average Bonchev–Trinajstić information content (AvgIpc) is 3.73. The Morgan fingerprint density at radius 1 is 0.868 bits per heavy atom. The average molecular weight is 1100 g/mol. The molecule has 0 aliphatic carbocycles. The number of carbonyl (C=O) groups excluding carboxylic acids is 2. The minimum atomic E-state index is -3.11. The largest absolute Gasteiger partial charge is 1.00 e. The molecule has 0 spiro atoms. The van der Waals surface area contributed by atoms with E-state index in [1.165, 1.54) is 16.9 Å². The molecule has 18 heteroatoms. The minimum absolute atomic E-state index is 0. The Hall–Kier alpha value is -5.25. The molecule has 13 nitrogen and oxygen atoms in total. The Morgan fingerprint density at radius 3 is 2.26 bits per heavy atom. The van der Waals surface area contributed by atoms with E-state index in [1.54, 1.807) is 4.90 Å². The zero-order chi connectivity index (χ0) is 53.6. The number of aliphatic imine (C=N–C) groups is 1. The zero-order valence-electron chi connectivity index (χ0n) is 44.2. The number of rotatable bonds is 15. The van der Waals surface area contributed by atoms with Crippen LogP contribution in [0.4, 0.5) is 17.2 Å². The number of amides is 2. The van der Waals surface area contributed by atoms with Crippen LogP contribution in [0, 0.1) is 24.8 Å². The van der Waals surface area contributed by atoms with E-state index in [0.29, 0.717) is 24.4 Å². The summed E-state index contributed by atoms with van der Waals surface area (Å²) in [5.41, 5.74) is 11.7. The van der Waals surface area contributed by atoms with Gasteiger partial charge in [-0.15, -0.1) is 36.9 Å². The van der Waals surface area contributed by atoms with Gasteiger partial charge in [-0.05, 0) is 102 Å². The van der Waals surface area contributed by atoms with E-state index < -0.39 is 21.2 Å². The summed E-state index contributed by atoms with van der Waals surface area (Å²) in [5, 5.41) is 3.73. The number of hydrogen-bond donors (Lipinski definition) is 1. The molecule has 1 aromatic heterocycles. The number of para-hydroxylation sites is 1. The Bertz CT molecular complexity index is 3330. The van der Waals surface area contributed by atoms with Crippen LogP contribution in [-0.4, -0.2) is 55.9 Å². The molecule has 0 unspecified atom stereocenters. The first-order valence-corrected chi connectivity index (χ1v) is 26.6. The van der Waals surface area contributed by atoms with Gasteiger partial charge in [-0.2, -0.15) is 24.6 Å². The number of fused-ring (bicyclic) bond motifs is 4. The molecule has 4 heterocycles. The molecule has 5 aromatic rings. The second-order valence-corrected chi connectivity index (χ2v) is 20.0. The van der Waals surface area contributed by atoms with Gasteiger partial charge >= 0.3 is 86.1 Å². The third-order valence-corrected chi connectivity index (χ3v) is 13.3. The molecule has 0 fully saturated rings. The normalized spacial score (nSPS) is 14.6. The van der Waals surface area contributed by atoms with Crippen LogP contribution in [0.2, 0.25) is 5.02 Å². The molecule has 2 amide bonds. The van der Waals surface area contributed by atoms with Crippen molar-refractivity contribution in [3.05, 3.63) is 190 Å². The number of halogens is 1.